The molecule has 0 saturated heterocycles. The Labute approximate surface area is 177 Å². The van der Waals surface area contributed by atoms with Gasteiger partial charge in [0, 0.05) is 16.1 Å². The number of hydrogen-bond donors (Lipinski definition) is 0. The van der Waals surface area contributed by atoms with E-state index in [-0.39, 0.29) is 12.4 Å². The zero-order valence-electron chi connectivity index (χ0n) is 15.8. The quantitative estimate of drug-likeness (QED) is 0.213. The van der Waals surface area contributed by atoms with Gasteiger partial charge in [0.05, 0.1) is 11.9 Å². The van der Waals surface area contributed by atoms with Crippen molar-refractivity contribution >= 4 is 18.0 Å². The number of aromatic nitrogens is 2. The minimum atomic E-state index is -0.321. The van der Waals surface area contributed by atoms with Crippen LogP contribution in [0.2, 0.25) is 5.02 Å². The van der Waals surface area contributed by atoms with Crippen molar-refractivity contribution in [1.29, 1.82) is 0 Å². The van der Waals surface area contributed by atoms with E-state index in [2.05, 4.69) is 10.3 Å². The van der Waals surface area contributed by atoms with E-state index in [1.54, 1.807) is 29.1 Å². The van der Waals surface area contributed by atoms with Gasteiger partial charge in [-0.15, -0.1) is 0 Å². The molecule has 0 fully saturated rings. The maximum absolute atomic E-state index is 13.3. The largest absolute Gasteiger partial charge is 0.438 e. The summed E-state index contributed by atoms with van der Waals surface area (Å²) in [6, 6.07) is 23.0. The van der Waals surface area contributed by atoms with Crippen LogP contribution in [0.3, 0.4) is 0 Å². The summed E-state index contributed by atoms with van der Waals surface area (Å²) in [6.07, 6.45) is 2.92. The van der Waals surface area contributed by atoms with E-state index in [4.69, 9.17) is 21.2 Å². The predicted molar refractivity (Wildman–Crippen MR) is 114 cm³/mol. The van der Waals surface area contributed by atoms with E-state index in [0.717, 1.165) is 11.3 Å². The van der Waals surface area contributed by atoms with Crippen LogP contribution in [0.25, 0.3) is 16.9 Å². The maximum Gasteiger partial charge on any atom is 0.218 e. The smallest absolute Gasteiger partial charge is 0.218 e. The number of rotatable bonds is 7. The molecule has 30 heavy (non-hydrogen) atoms. The first-order valence-electron chi connectivity index (χ1n) is 9.15. The third-order valence-corrected chi connectivity index (χ3v) is 4.66. The Bertz CT molecular complexity index is 1140. The minimum absolute atomic E-state index is 0.216. The number of halogens is 2. The number of nitrogens with zero attached hydrogens (tertiary/aromatic N) is 3. The predicted octanol–water partition coefficient (Wildman–Crippen LogP) is 5.87. The summed E-state index contributed by atoms with van der Waals surface area (Å²) in [6.45, 7) is 0.216. The van der Waals surface area contributed by atoms with Gasteiger partial charge >= 0.3 is 0 Å². The van der Waals surface area contributed by atoms with E-state index in [9.17, 15) is 4.39 Å². The van der Waals surface area contributed by atoms with Crippen LogP contribution in [0.15, 0.2) is 90.2 Å². The second-order valence-electron chi connectivity index (χ2n) is 6.32. The monoisotopic (exact) mass is 421 g/mol. The van der Waals surface area contributed by atoms with Crippen LogP contribution in [-0.2, 0) is 11.4 Å². The highest BCUT2D eigenvalue weighted by molar-refractivity contribution is 6.31. The molecule has 0 aliphatic heterocycles. The molecule has 0 bridgehead atoms. The van der Waals surface area contributed by atoms with Gasteiger partial charge < -0.3 is 9.57 Å². The molecule has 150 valence electrons. The molecule has 0 amide bonds. The molecular weight excluding hydrogens is 405 g/mol. The minimum Gasteiger partial charge on any atom is -0.438 e. The SMILES string of the molecule is Fc1ccc(-c2nn(-c3ccccc3)cc2O/C=N/OCc2ccccc2Cl)cc1. The van der Waals surface area contributed by atoms with Gasteiger partial charge in [-0.1, -0.05) is 53.2 Å². The zero-order chi connectivity index (χ0) is 20.8. The molecule has 0 N–H and O–H groups in total. The van der Waals surface area contributed by atoms with Crippen molar-refractivity contribution in [3.05, 3.63) is 101 Å². The Morgan fingerprint density at radius 2 is 1.70 bits per heavy atom. The first-order chi connectivity index (χ1) is 14.7. The summed E-state index contributed by atoms with van der Waals surface area (Å²) in [5.41, 5.74) is 2.95. The molecule has 0 aliphatic rings. The standard InChI is InChI=1S/C23H17ClFN3O2/c24-21-9-5-4-6-18(21)15-30-26-16-29-22-14-28(20-7-2-1-3-8-20)27-23(22)17-10-12-19(25)13-11-17/h1-14,16H,15H2/b26-16+. The highest BCUT2D eigenvalue weighted by Crippen LogP contribution is 2.29. The van der Waals surface area contributed by atoms with Crippen LogP contribution in [0, 0.1) is 5.82 Å². The van der Waals surface area contributed by atoms with Gasteiger partial charge in [0.25, 0.3) is 0 Å². The van der Waals surface area contributed by atoms with Gasteiger partial charge in [0.2, 0.25) is 6.40 Å². The molecule has 3 aromatic carbocycles. The lowest BCUT2D eigenvalue weighted by Crippen LogP contribution is -1.94. The molecule has 0 aliphatic carbocycles. The number of hydrogen-bond acceptors (Lipinski definition) is 4. The molecule has 1 aromatic heterocycles. The summed E-state index contributed by atoms with van der Waals surface area (Å²) < 4.78 is 20.7. The normalized spacial score (nSPS) is 11.0. The Balaban J connectivity index is 1.53. The van der Waals surface area contributed by atoms with Crippen LogP contribution in [-0.4, -0.2) is 16.2 Å². The van der Waals surface area contributed by atoms with E-state index >= 15 is 0 Å². The average Bonchev–Trinajstić information content (AvgIpc) is 3.20. The van der Waals surface area contributed by atoms with Crippen molar-refractivity contribution in [2.75, 3.05) is 0 Å². The fourth-order valence-electron chi connectivity index (χ4n) is 2.80. The molecule has 0 saturated carbocycles. The number of para-hydroxylation sites is 1. The van der Waals surface area contributed by atoms with E-state index in [0.29, 0.717) is 22.0 Å². The van der Waals surface area contributed by atoms with Crippen LogP contribution >= 0.6 is 11.6 Å². The first-order valence-corrected chi connectivity index (χ1v) is 9.53. The van der Waals surface area contributed by atoms with Crippen molar-refractivity contribution < 1.29 is 14.0 Å². The lowest BCUT2D eigenvalue weighted by molar-refractivity contribution is 0.128. The maximum atomic E-state index is 13.3. The highest BCUT2D eigenvalue weighted by atomic mass is 35.5. The Kier molecular flexibility index (Phi) is 6.06. The second kappa shape index (κ2) is 9.24. The molecule has 0 unspecified atom stereocenters. The topological polar surface area (TPSA) is 48.6 Å². The Morgan fingerprint density at radius 3 is 2.47 bits per heavy atom. The molecule has 7 heteroatoms. The molecular formula is C23H17ClFN3O2. The summed E-state index contributed by atoms with van der Waals surface area (Å²) >= 11 is 6.09. The van der Waals surface area contributed by atoms with Gasteiger partial charge in [-0.05, 0) is 42.5 Å². The zero-order valence-corrected chi connectivity index (χ0v) is 16.5. The molecule has 0 spiro atoms. The summed E-state index contributed by atoms with van der Waals surface area (Å²) in [4.78, 5) is 5.26. The van der Waals surface area contributed by atoms with E-state index in [1.165, 1.54) is 18.5 Å². The lowest BCUT2D eigenvalue weighted by Gasteiger charge is -2.02. The summed E-state index contributed by atoms with van der Waals surface area (Å²) in [7, 11) is 0. The lowest BCUT2D eigenvalue weighted by atomic mass is 10.1. The molecule has 4 rings (SSSR count). The molecule has 5 nitrogen and oxygen atoms in total. The third-order valence-electron chi connectivity index (χ3n) is 4.29. The summed E-state index contributed by atoms with van der Waals surface area (Å²) in [5, 5.41) is 9.03. The van der Waals surface area contributed by atoms with Crippen molar-refractivity contribution in [3.8, 4) is 22.7 Å². The summed E-state index contributed by atoms with van der Waals surface area (Å²) in [5.74, 6) is 0.133. The van der Waals surface area contributed by atoms with Gasteiger partial charge in [-0.25, -0.2) is 9.07 Å². The van der Waals surface area contributed by atoms with Gasteiger partial charge in [0.1, 0.15) is 18.1 Å². The first kappa shape index (κ1) is 19.7. The van der Waals surface area contributed by atoms with Crippen LogP contribution in [0.4, 0.5) is 4.39 Å². The van der Waals surface area contributed by atoms with Crippen molar-refractivity contribution in [1.82, 2.24) is 9.78 Å². The van der Waals surface area contributed by atoms with Gasteiger partial charge in [-0.2, -0.15) is 5.10 Å². The highest BCUT2D eigenvalue weighted by Gasteiger charge is 2.13. The van der Waals surface area contributed by atoms with Gasteiger partial charge in [0.15, 0.2) is 5.75 Å². The third kappa shape index (κ3) is 4.67. The van der Waals surface area contributed by atoms with Crippen molar-refractivity contribution in [3.63, 3.8) is 0 Å². The van der Waals surface area contributed by atoms with Crippen LogP contribution in [0.5, 0.6) is 5.75 Å². The van der Waals surface area contributed by atoms with Crippen LogP contribution < -0.4 is 4.74 Å². The number of benzene rings is 3. The van der Waals surface area contributed by atoms with Gasteiger partial charge in [-0.3, -0.25) is 0 Å². The fraction of sp³-hybridized carbons (Fsp3) is 0.0435. The number of ether oxygens (including phenoxy) is 1. The Hall–Kier alpha value is -3.64. The number of oxime groups is 1. The van der Waals surface area contributed by atoms with E-state index in [1.807, 2.05) is 48.5 Å². The fourth-order valence-corrected chi connectivity index (χ4v) is 2.99. The van der Waals surface area contributed by atoms with Crippen LogP contribution in [0.1, 0.15) is 5.56 Å². The molecule has 0 radical (unpaired) electrons. The molecule has 1 heterocycles. The van der Waals surface area contributed by atoms with E-state index < -0.39 is 0 Å². The average molecular weight is 422 g/mol. The van der Waals surface area contributed by atoms with Crippen molar-refractivity contribution in [2.45, 2.75) is 6.61 Å². The van der Waals surface area contributed by atoms with Crippen molar-refractivity contribution in [2.24, 2.45) is 5.16 Å². The molecule has 4 aromatic rings. The second-order valence-corrected chi connectivity index (χ2v) is 6.73. The molecule has 0 atom stereocenters. The Morgan fingerprint density at radius 1 is 0.967 bits per heavy atom.